The van der Waals surface area contributed by atoms with Crippen LogP contribution in [0, 0.1) is 0 Å². The molecule has 35 heavy (non-hydrogen) atoms. The first-order valence-electron chi connectivity index (χ1n) is 13.9. The molecule has 0 aliphatic heterocycles. The van der Waals surface area contributed by atoms with E-state index in [4.69, 9.17) is 20.3 Å². The lowest BCUT2D eigenvalue weighted by Gasteiger charge is -2.18. The van der Waals surface area contributed by atoms with Gasteiger partial charge in [-0.05, 0) is 48.9 Å². The summed E-state index contributed by atoms with van der Waals surface area (Å²) in [5.41, 5.74) is 2.06. The molecule has 0 radical (unpaired) electrons. The van der Waals surface area contributed by atoms with Gasteiger partial charge in [-0.15, -0.1) is 0 Å². The van der Waals surface area contributed by atoms with E-state index in [0.29, 0.717) is 11.5 Å². The maximum Gasteiger partial charge on any atom is 0.530 e. The molecule has 0 heterocycles. The quantitative estimate of drug-likeness (QED) is 0.128. The third-order valence-electron chi connectivity index (χ3n) is 6.46. The molecule has 0 atom stereocenters. The summed E-state index contributed by atoms with van der Waals surface area (Å²) in [5.74, 6) is 1.11. The highest BCUT2D eigenvalue weighted by Gasteiger charge is 2.27. The molecule has 0 bridgehead atoms. The van der Waals surface area contributed by atoms with Crippen molar-refractivity contribution < 1.29 is 13.6 Å². The maximum absolute atomic E-state index is 13.1. The molecule has 0 fully saturated rings. The van der Waals surface area contributed by atoms with Crippen LogP contribution in [0.4, 0.5) is 0 Å². The molecule has 2 rings (SSSR count). The second-order valence-electron chi connectivity index (χ2n) is 9.57. The number of benzene rings is 2. The second-order valence-corrected chi connectivity index (χ2v) is 12.0. The summed E-state index contributed by atoms with van der Waals surface area (Å²) in [6.45, 7) is 0.650. The zero-order valence-corrected chi connectivity index (χ0v) is 23.6. The van der Waals surface area contributed by atoms with Gasteiger partial charge in [-0.2, -0.15) is 0 Å². The number of hydrogen-bond donors (Lipinski definition) is 0. The predicted octanol–water partition coefficient (Wildman–Crippen LogP) is 11.1. The summed E-state index contributed by atoms with van der Waals surface area (Å²) in [7, 11) is 0. The van der Waals surface area contributed by atoms with E-state index in [-0.39, 0.29) is 0 Å². The summed E-state index contributed by atoms with van der Waals surface area (Å²) in [4.78, 5) is 0. The molecule has 5 heteroatoms. The van der Waals surface area contributed by atoms with E-state index in [1.54, 1.807) is 0 Å². The largest absolute Gasteiger partial charge is 0.530 e. The minimum atomic E-state index is -3.83. The number of aryl methyl sites for hydroxylation is 2. The van der Waals surface area contributed by atoms with E-state index in [1.807, 2.05) is 48.5 Å². The Kier molecular flexibility index (Phi) is 15.2. The molecule has 3 nitrogen and oxygen atoms in total. The smallest absolute Gasteiger partial charge is 0.404 e. The fourth-order valence-corrected chi connectivity index (χ4v) is 5.71. The van der Waals surface area contributed by atoms with Crippen molar-refractivity contribution in [2.45, 2.75) is 117 Å². The van der Waals surface area contributed by atoms with Gasteiger partial charge < -0.3 is 9.05 Å². The highest BCUT2D eigenvalue weighted by Crippen LogP contribution is 2.54. The van der Waals surface area contributed by atoms with Crippen molar-refractivity contribution in [3.8, 4) is 11.5 Å². The van der Waals surface area contributed by atoms with E-state index in [2.05, 4.69) is 13.8 Å². The summed E-state index contributed by atoms with van der Waals surface area (Å²) in [6, 6.07) is 15.5. The summed E-state index contributed by atoms with van der Waals surface area (Å²) in [6.07, 6.45) is 19.3. The van der Waals surface area contributed by atoms with Gasteiger partial charge in [0.05, 0.1) is 0 Å². The van der Waals surface area contributed by atoms with Crippen molar-refractivity contribution in [1.82, 2.24) is 0 Å². The van der Waals surface area contributed by atoms with Gasteiger partial charge in [0.2, 0.25) is 0 Å². The SMILES string of the molecule is CCCCCCCCCc1ccccc1OP(=O)(Cl)Oc1ccccc1CCCCCCCCC. The molecule has 0 aliphatic carbocycles. The summed E-state index contributed by atoms with van der Waals surface area (Å²) in [5, 5.41) is 0. The van der Waals surface area contributed by atoms with Crippen molar-refractivity contribution >= 4 is 18.2 Å². The predicted molar refractivity (Wildman–Crippen MR) is 151 cm³/mol. The Labute approximate surface area is 219 Å². The van der Waals surface area contributed by atoms with Gasteiger partial charge >= 0.3 is 6.95 Å². The highest BCUT2D eigenvalue weighted by atomic mass is 35.7. The van der Waals surface area contributed by atoms with Crippen LogP contribution in [0.5, 0.6) is 11.5 Å². The first-order valence-corrected chi connectivity index (χ1v) is 16.3. The Morgan fingerprint density at radius 1 is 0.571 bits per heavy atom. The monoisotopic (exact) mass is 520 g/mol. The number of halogens is 1. The van der Waals surface area contributed by atoms with Crippen LogP contribution >= 0.6 is 18.2 Å². The van der Waals surface area contributed by atoms with Crippen LogP contribution in [0.1, 0.15) is 115 Å². The Hall–Kier alpha value is -1.44. The second kappa shape index (κ2) is 17.9. The van der Waals surface area contributed by atoms with Gasteiger partial charge in [0, 0.05) is 11.2 Å². The van der Waals surface area contributed by atoms with Gasteiger partial charge in [-0.25, -0.2) is 4.57 Å². The Morgan fingerprint density at radius 3 is 1.31 bits per heavy atom. The van der Waals surface area contributed by atoms with E-state index in [9.17, 15) is 4.57 Å². The Morgan fingerprint density at radius 2 is 0.914 bits per heavy atom. The molecular weight excluding hydrogens is 475 g/mol. The average Bonchev–Trinajstić information content (AvgIpc) is 2.84. The summed E-state index contributed by atoms with van der Waals surface area (Å²) >= 11 is 6.32. The zero-order chi connectivity index (χ0) is 25.2. The molecule has 0 unspecified atom stereocenters. The third-order valence-corrected chi connectivity index (χ3v) is 7.70. The van der Waals surface area contributed by atoms with Gasteiger partial charge in [0.1, 0.15) is 11.5 Å². The van der Waals surface area contributed by atoms with Crippen LogP contribution in [-0.4, -0.2) is 0 Å². The van der Waals surface area contributed by atoms with Crippen LogP contribution in [-0.2, 0) is 17.4 Å². The van der Waals surface area contributed by atoms with Crippen molar-refractivity contribution in [2.75, 3.05) is 0 Å². The Balaban J connectivity index is 1.86. The van der Waals surface area contributed by atoms with Crippen LogP contribution in [0.25, 0.3) is 0 Å². The fraction of sp³-hybridized carbons (Fsp3) is 0.600. The lowest BCUT2D eigenvalue weighted by Crippen LogP contribution is -2.00. The zero-order valence-electron chi connectivity index (χ0n) is 22.0. The molecular formula is C30H46ClO3P. The molecule has 0 N–H and O–H groups in total. The molecule has 0 spiro atoms. The van der Waals surface area contributed by atoms with Crippen molar-refractivity contribution in [3.63, 3.8) is 0 Å². The third kappa shape index (κ3) is 12.9. The molecule has 0 aromatic heterocycles. The lowest BCUT2D eigenvalue weighted by atomic mass is 10.0. The molecule has 0 aliphatic rings. The summed E-state index contributed by atoms with van der Waals surface area (Å²) < 4.78 is 24.7. The highest BCUT2D eigenvalue weighted by molar-refractivity contribution is 7.82. The van der Waals surface area contributed by atoms with Crippen LogP contribution in [0.3, 0.4) is 0 Å². The normalized spacial score (nSPS) is 11.5. The van der Waals surface area contributed by atoms with Crippen molar-refractivity contribution in [3.05, 3.63) is 59.7 Å². The number of rotatable bonds is 20. The molecule has 0 amide bonds. The first-order chi connectivity index (χ1) is 17.1. The topological polar surface area (TPSA) is 35.5 Å². The number of unbranched alkanes of at least 4 members (excludes halogenated alkanes) is 12. The molecule has 0 saturated heterocycles. The van der Waals surface area contributed by atoms with E-state index in [1.165, 1.54) is 77.0 Å². The molecule has 2 aromatic rings. The van der Waals surface area contributed by atoms with E-state index < -0.39 is 6.95 Å². The van der Waals surface area contributed by atoms with E-state index in [0.717, 1.165) is 36.8 Å². The minimum absolute atomic E-state index is 0.557. The van der Waals surface area contributed by atoms with Crippen LogP contribution in [0.2, 0.25) is 0 Å². The lowest BCUT2D eigenvalue weighted by molar-refractivity contribution is 0.402. The van der Waals surface area contributed by atoms with Crippen LogP contribution < -0.4 is 9.05 Å². The molecule has 0 saturated carbocycles. The minimum Gasteiger partial charge on any atom is -0.404 e. The molecule has 196 valence electrons. The first kappa shape index (κ1) is 29.8. The standard InChI is InChI=1S/C30H46ClO3P/c1-3-5-7-9-11-13-15-21-27-23-17-19-25-29(27)33-35(31,32)34-30-26-20-18-24-28(30)22-16-14-12-10-8-6-4-2/h17-20,23-26H,3-16,21-22H2,1-2H3. The van der Waals surface area contributed by atoms with Gasteiger partial charge in [0.25, 0.3) is 0 Å². The van der Waals surface area contributed by atoms with Gasteiger partial charge in [-0.3, -0.25) is 0 Å². The Bertz CT molecular complexity index is 803. The van der Waals surface area contributed by atoms with E-state index >= 15 is 0 Å². The average molecular weight is 521 g/mol. The number of para-hydroxylation sites is 2. The fourth-order valence-electron chi connectivity index (χ4n) is 4.40. The maximum atomic E-state index is 13.1. The molecule has 2 aromatic carbocycles. The van der Waals surface area contributed by atoms with Gasteiger partial charge in [0.15, 0.2) is 0 Å². The van der Waals surface area contributed by atoms with Crippen LogP contribution in [0.15, 0.2) is 48.5 Å². The van der Waals surface area contributed by atoms with Crippen molar-refractivity contribution in [2.24, 2.45) is 0 Å². The number of hydrogen-bond acceptors (Lipinski definition) is 3. The van der Waals surface area contributed by atoms with Crippen molar-refractivity contribution in [1.29, 1.82) is 0 Å². The van der Waals surface area contributed by atoms with Gasteiger partial charge in [-0.1, -0.05) is 127 Å².